The molecule has 1 aliphatic carbocycles. The van der Waals surface area contributed by atoms with Gasteiger partial charge in [-0.15, -0.1) is 0 Å². The maximum Gasteiger partial charge on any atom is 0.255 e. The molecule has 28 heavy (non-hydrogen) atoms. The van der Waals surface area contributed by atoms with E-state index in [1.165, 1.54) is 0 Å². The quantitative estimate of drug-likeness (QED) is 0.634. The van der Waals surface area contributed by atoms with E-state index < -0.39 is 0 Å². The molecule has 0 bridgehead atoms. The highest BCUT2D eigenvalue weighted by Gasteiger charge is 2.29. The predicted octanol–water partition coefficient (Wildman–Crippen LogP) is 5.08. The van der Waals surface area contributed by atoms with Crippen LogP contribution >= 0.6 is 0 Å². The lowest BCUT2D eigenvalue weighted by Gasteiger charge is -2.09. The second kappa shape index (κ2) is 7.96. The topological polar surface area (TPSA) is 67.4 Å². The van der Waals surface area contributed by atoms with Crippen LogP contribution in [0.5, 0.6) is 11.5 Å². The second-order valence-electron chi connectivity index (χ2n) is 6.74. The van der Waals surface area contributed by atoms with E-state index in [4.69, 9.17) is 4.74 Å². The van der Waals surface area contributed by atoms with Crippen molar-refractivity contribution in [1.82, 2.24) is 0 Å². The highest BCUT2D eigenvalue weighted by Crippen LogP contribution is 2.30. The van der Waals surface area contributed by atoms with Gasteiger partial charge in [0.2, 0.25) is 5.91 Å². The number of benzene rings is 3. The summed E-state index contributed by atoms with van der Waals surface area (Å²) in [7, 11) is 0. The summed E-state index contributed by atoms with van der Waals surface area (Å²) in [5.74, 6) is 1.35. The van der Waals surface area contributed by atoms with Crippen LogP contribution in [0.4, 0.5) is 11.4 Å². The molecule has 0 radical (unpaired) electrons. The van der Waals surface area contributed by atoms with Crippen LogP contribution < -0.4 is 15.4 Å². The Morgan fingerprint density at radius 3 is 2.18 bits per heavy atom. The molecule has 5 heteroatoms. The van der Waals surface area contributed by atoms with Gasteiger partial charge in [-0.1, -0.05) is 24.3 Å². The number of amides is 2. The van der Waals surface area contributed by atoms with Crippen molar-refractivity contribution >= 4 is 23.2 Å². The highest BCUT2D eigenvalue weighted by atomic mass is 16.5. The Morgan fingerprint density at radius 2 is 1.46 bits per heavy atom. The molecule has 0 unspecified atom stereocenters. The van der Waals surface area contributed by atoms with Gasteiger partial charge in [0, 0.05) is 22.9 Å². The molecule has 2 N–H and O–H groups in total. The van der Waals surface area contributed by atoms with Crippen molar-refractivity contribution in [3.05, 3.63) is 84.4 Å². The Balaban J connectivity index is 1.38. The van der Waals surface area contributed by atoms with Crippen LogP contribution in [0.3, 0.4) is 0 Å². The molecule has 140 valence electrons. The molecule has 3 aromatic rings. The minimum Gasteiger partial charge on any atom is -0.457 e. The molecule has 0 aromatic heterocycles. The van der Waals surface area contributed by atoms with Gasteiger partial charge in [-0.2, -0.15) is 0 Å². The number of ether oxygens (including phenoxy) is 1. The van der Waals surface area contributed by atoms with E-state index in [1.54, 1.807) is 48.5 Å². The van der Waals surface area contributed by atoms with Crippen molar-refractivity contribution in [3.8, 4) is 11.5 Å². The van der Waals surface area contributed by atoms with Crippen LogP contribution in [0.15, 0.2) is 78.9 Å². The fourth-order valence-electron chi connectivity index (χ4n) is 2.76. The van der Waals surface area contributed by atoms with E-state index in [1.807, 2.05) is 30.3 Å². The van der Waals surface area contributed by atoms with Crippen molar-refractivity contribution in [2.45, 2.75) is 12.8 Å². The lowest BCUT2D eigenvalue weighted by molar-refractivity contribution is -0.117. The summed E-state index contributed by atoms with van der Waals surface area (Å²) in [5, 5.41) is 5.72. The van der Waals surface area contributed by atoms with Gasteiger partial charge in [0.15, 0.2) is 0 Å². The van der Waals surface area contributed by atoms with Gasteiger partial charge in [-0.3, -0.25) is 9.59 Å². The number of hydrogen-bond acceptors (Lipinski definition) is 3. The molecular formula is C23H20N2O3. The third-order valence-electron chi connectivity index (χ3n) is 4.43. The van der Waals surface area contributed by atoms with Crippen LogP contribution in [0, 0.1) is 5.92 Å². The molecule has 3 aromatic carbocycles. The molecule has 0 aliphatic heterocycles. The maximum atomic E-state index is 12.5. The zero-order valence-corrected chi connectivity index (χ0v) is 15.2. The lowest BCUT2D eigenvalue weighted by Crippen LogP contribution is -2.15. The molecular weight excluding hydrogens is 352 g/mol. The van der Waals surface area contributed by atoms with Crippen LogP contribution in [0.1, 0.15) is 23.2 Å². The van der Waals surface area contributed by atoms with E-state index >= 15 is 0 Å². The molecule has 5 nitrogen and oxygen atoms in total. The van der Waals surface area contributed by atoms with E-state index in [-0.39, 0.29) is 17.7 Å². The lowest BCUT2D eigenvalue weighted by atomic mass is 10.1. The van der Waals surface area contributed by atoms with Crippen molar-refractivity contribution in [2.75, 3.05) is 10.6 Å². The average molecular weight is 372 g/mol. The zero-order chi connectivity index (χ0) is 19.3. The first kappa shape index (κ1) is 17.8. The van der Waals surface area contributed by atoms with E-state index in [0.717, 1.165) is 18.6 Å². The minimum atomic E-state index is -0.237. The number of hydrogen-bond donors (Lipinski definition) is 2. The SMILES string of the molecule is O=C(Nc1ccc(Oc2ccccc2)cc1)c1cccc(NC(=O)C2CC2)c1. The first-order valence-corrected chi connectivity index (χ1v) is 9.23. The monoisotopic (exact) mass is 372 g/mol. The largest absolute Gasteiger partial charge is 0.457 e. The Kier molecular flexibility index (Phi) is 5.06. The van der Waals surface area contributed by atoms with Crippen molar-refractivity contribution in [2.24, 2.45) is 5.92 Å². The number of anilines is 2. The van der Waals surface area contributed by atoms with Crippen molar-refractivity contribution in [1.29, 1.82) is 0 Å². The molecule has 1 fully saturated rings. The number of para-hydroxylation sites is 1. The minimum absolute atomic E-state index is 0.0200. The molecule has 0 heterocycles. The Labute approximate surface area is 163 Å². The van der Waals surface area contributed by atoms with E-state index in [0.29, 0.717) is 22.7 Å². The summed E-state index contributed by atoms with van der Waals surface area (Å²) in [6, 6.07) is 23.6. The molecule has 4 rings (SSSR count). The van der Waals surface area contributed by atoms with Crippen LogP contribution in [-0.4, -0.2) is 11.8 Å². The van der Waals surface area contributed by atoms with Gasteiger partial charge in [0.1, 0.15) is 11.5 Å². The van der Waals surface area contributed by atoms with Gasteiger partial charge >= 0.3 is 0 Å². The average Bonchev–Trinajstić information content (AvgIpc) is 3.56. The summed E-state index contributed by atoms with van der Waals surface area (Å²) in [4.78, 5) is 24.4. The van der Waals surface area contributed by atoms with Gasteiger partial charge in [-0.25, -0.2) is 0 Å². The highest BCUT2D eigenvalue weighted by molar-refractivity contribution is 6.05. The smallest absolute Gasteiger partial charge is 0.255 e. The molecule has 2 amide bonds. The first-order chi connectivity index (χ1) is 13.7. The van der Waals surface area contributed by atoms with Gasteiger partial charge in [0.25, 0.3) is 5.91 Å². The summed E-state index contributed by atoms with van der Waals surface area (Å²) in [6.45, 7) is 0. The Hall–Kier alpha value is -3.60. The summed E-state index contributed by atoms with van der Waals surface area (Å²) in [6.07, 6.45) is 1.88. The molecule has 0 saturated heterocycles. The number of rotatable bonds is 6. The molecule has 0 atom stereocenters. The number of carbonyl (C=O) groups excluding carboxylic acids is 2. The van der Waals surface area contributed by atoms with Crippen LogP contribution in [-0.2, 0) is 4.79 Å². The summed E-state index contributed by atoms with van der Waals surface area (Å²) in [5.41, 5.74) is 1.78. The van der Waals surface area contributed by atoms with Crippen molar-refractivity contribution in [3.63, 3.8) is 0 Å². The van der Waals surface area contributed by atoms with E-state index in [9.17, 15) is 9.59 Å². The predicted molar refractivity (Wildman–Crippen MR) is 109 cm³/mol. The molecule has 1 saturated carbocycles. The summed E-state index contributed by atoms with van der Waals surface area (Å²) < 4.78 is 5.75. The Morgan fingerprint density at radius 1 is 0.750 bits per heavy atom. The van der Waals surface area contributed by atoms with Gasteiger partial charge in [0.05, 0.1) is 0 Å². The fourth-order valence-corrected chi connectivity index (χ4v) is 2.76. The maximum absolute atomic E-state index is 12.5. The molecule has 0 spiro atoms. The normalized spacial score (nSPS) is 12.9. The summed E-state index contributed by atoms with van der Waals surface area (Å²) >= 11 is 0. The first-order valence-electron chi connectivity index (χ1n) is 9.23. The Bertz CT molecular complexity index is 980. The van der Waals surface area contributed by atoms with E-state index in [2.05, 4.69) is 10.6 Å². The van der Waals surface area contributed by atoms with Crippen molar-refractivity contribution < 1.29 is 14.3 Å². The zero-order valence-electron chi connectivity index (χ0n) is 15.2. The van der Waals surface area contributed by atoms with Gasteiger partial charge in [-0.05, 0) is 67.4 Å². The molecule has 1 aliphatic rings. The van der Waals surface area contributed by atoms with Crippen LogP contribution in [0.2, 0.25) is 0 Å². The third kappa shape index (κ3) is 4.57. The van der Waals surface area contributed by atoms with Crippen LogP contribution in [0.25, 0.3) is 0 Å². The third-order valence-corrected chi connectivity index (χ3v) is 4.43. The second-order valence-corrected chi connectivity index (χ2v) is 6.74. The standard InChI is InChI=1S/C23H20N2O3/c26-22(16-9-10-16)25-19-6-4-5-17(15-19)23(27)24-18-11-13-21(14-12-18)28-20-7-2-1-3-8-20/h1-8,11-16H,9-10H2,(H,24,27)(H,25,26). The van der Waals surface area contributed by atoms with Gasteiger partial charge < -0.3 is 15.4 Å². The number of nitrogens with one attached hydrogen (secondary N) is 2. The number of carbonyl (C=O) groups is 2. The fraction of sp³-hybridized carbons (Fsp3) is 0.130.